The normalized spacial score (nSPS) is 12.2. The van der Waals surface area contributed by atoms with Crippen LogP contribution in [0.3, 0.4) is 0 Å². The molecule has 1 unspecified atom stereocenters. The number of nitrogens with one attached hydrogen (secondary N) is 2. The van der Waals surface area contributed by atoms with E-state index >= 15 is 0 Å². The van der Waals surface area contributed by atoms with Gasteiger partial charge in [-0.3, -0.25) is 0 Å². The van der Waals surface area contributed by atoms with Gasteiger partial charge in [0.05, 0.1) is 6.10 Å². The van der Waals surface area contributed by atoms with Gasteiger partial charge in [0.25, 0.3) is 0 Å². The van der Waals surface area contributed by atoms with E-state index in [4.69, 9.17) is 0 Å². The Hall–Kier alpha value is -0.770. The molecule has 0 saturated heterocycles. The molecule has 0 aromatic carbocycles. The molecule has 1 atom stereocenters. The van der Waals surface area contributed by atoms with Crippen molar-refractivity contribution in [3.05, 3.63) is 0 Å². The van der Waals surface area contributed by atoms with Crippen LogP contribution in [0, 0.1) is 0 Å². The minimum atomic E-state index is -0.413. The summed E-state index contributed by atoms with van der Waals surface area (Å²) in [5.74, 6) is 0. The van der Waals surface area contributed by atoms with Gasteiger partial charge in [-0.25, -0.2) is 4.79 Å². The van der Waals surface area contributed by atoms with Crippen LogP contribution in [-0.2, 0) is 0 Å². The standard InChI is InChI=1S/C9H20N2O2/c1-3-4-5-6-8(12)7-11-9(13)10-2/h8,12H,3-7H2,1-2H3,(H2,10,11,13). The molecule has 78 valence electrons. The fourth-order valence-electron chi connectivity index (χ4n) is 1.03. The number of rotatable bonds is 6. The maximum absolute atomic E-state index is 10.7. The Morgan fingerprint density at radius 1 is 1.46 bits per heavy atom. The van der Waals surface area contributed by atoms with Crippen LogP contribution in [0.2, 0.25) is 0 Å². The highest BCUT2D eigenvalue weighted by Gasteiger charge is 2.04. The Balaban J connectivity index is 3.29. The van der Waals surface area contributed by atoms with Gasteiger partial charge >= 0.3 is 6.03 Å². The second-order valence-electron chi connectivity index (χ2n) is 3.11. The van der Waals surface area contributed by atoms with Gasteiger partial charge in [-0.05, 0) is 6.42 Å². The van der Waals surface area contributed by atoms with Gasteiger partial charge < -0.3 is 15.7 Å². The highest BCUT2D eigenvalue weighted by Crippen LogP contribution is 2.02. The molecule has 0 bridgehead atoms. The van der Waals surface area contributed by atoms with E-state index in [1.807, 2.05) is 0 Å². The van der Waals surface area contributed by atoms with Gasteiger partial charge in [-0.15, -0.1) is 0 Å². The maximum atomic E-state index is 10.7. The zero-order valence-corrected chi connectivity index (χ0v) is 8.47. The predicted molar refractivity (Wildman–Crippen MR) is 52.6 cm³/mol. The molecule has 0 radical (unpaired) electrons. The highest BCUT2D eigenvalue weighted by atomic mass is 16.3. The summed E-state index contributed by atoms with van der Waals surface area (Å²) >= 11 is 0. The molecular weight excluding hydrogens is 168 g/mol. The van der Waals surface area contributed by atoms with Crippen LogP contribution < -0.4 is 10.6 Å². The first-order valence-electron chi connectivity index (χ1n) is 4.84. The van der Waals surface area contributed by atoms with Gasteiger partial charge in [0, 0.05) is 13.6 Å². The maximum Gasteiger partial charge on any atom is 0.314 e. The van der Waals surface area contributed by atoms with E-state index in [0.29, 0.717) is 6.54 Å². The summed E-state index contributed by atoms with van der Waals surface area (Å²) in [4.78, 5) is 10.7. The van der Waals surface area contributed by atoms with Crippen molar-refractivity contribution in [3.63, 3.8) is 0 Å². The molecule has 0 aromatic rings. The predicted octanol–water partition coefficient (Wildman–Crippen LogP) is 0.857. The lowest BCUT2D eigenvalue weighted by molar-refractivity contribution is 0.158. The summed E-state index contributed by atoms with van der Waals surface area (Å²) in [6, 6.07) is -0.241. The van der Waals surface area contributed by atoms with Gasteiger partial charge in [-0.2, -0.15) is 0 Å². The van der Waals surface area contributed by atoms with Crippen molar-refractivity contribution in [2.24, 2.45) is 0 Å². The Morgan fingerprint density at radius 2 is 2.15 bits per heavy atom. The molecule has 4 heteroatoms. The third-order valence-electron chi connectivity index (χ3n) is 1.87. The molecule has 13 heavy (non-hydrogen) atoms. The van der Waals surface area contributed by atoms with Gasteiger partial charge in [0.15, 0.2) is 0 Å². The van der Waals surface area contributed by atoms with Crippen LogP contribution in [-0.4, -0.2) is 30.8 Å². The number of aliphatic hydroxyl groups excluding tert-OH is 1. The Bertz CT molecular complexity index is 140. The minimum absolute atomic E-state index is 0.241. The molecule has 3 N–H and O–H groups in total. The summed E-state index contributed by atoms with van der Waals surface area (Å²) in [5.41, 5.74) is 0. The average Bonchev–Trinajstić information content (AvgIpc) is 2.14. The first kappa shape index (κ1) is 12.2. The number of urea groups is 1. The fourth-order valence-corrected chi connectivity index (χ4v) is 1.03. The van der Waals surface area contributed by atoms with E-state index in [2.05, 4.69) is 17.6 Å². The molecule has 0 aliphatic heterocycles. The van der Waals surface area contributed by atoms with Crippen molar-refractivity contribution in [2.45, 2.75) is 38.7 Å². The molecule has 0 fully saturated rings. The number of carbonyl (C=O) groups is 1. The largest absolute Gasteiger partial charge is 0.391 e. The second kappa shape index (κ2) is 7.86. The Labute approximate surface area is 79.7 Å². The first-order valence-corrected chi connectivity index (χ1v) is 4.84. The average molecular weight is 188 g/mol. The molecule has 0 aliphatic rings. The quantitative estimate of drug-likeness (QED) is 0.541. The molecule has 0 aromatic heterocycles. The van der Waals surface area contributed by atoms with Crippen molar-refractivity contribution >= 4 is 6.03 Å². The smallest absolute Gasteiger partial charge is 0.314 e. The molecule has 2 amide bonds. The zero-order chi connectivity index (χ0) is 10.1. The third-order valence-corrected chi connectivity index (χ3v) is 1.87. The van der Waals surface area contributed by atoms with Crippen LogP contribution in [0.5, 0.6) is 0 Å². The van der Waals surface area contributed by atoms with Crippen LogP contribution in [0.15, 0.2) is 0 Å². The number of aliphatic hydroxyl groups is 1. The lowest BCUT2D eigenvalue weighted by Gasteiger charge is -2.10. The van der Waals surface area contributed by atoms with Crippen LogP contribution >= 0.6 is 0 Å². The summed E-state index contributed by atoms with van der Waals surface area (Å²) in [5, 5.41) is 14.4. The molecule has 4 nitrogen and oxygen atoms in total. The number of hydrogen-bond donors (Lipinski definition) is 3. The minimum Gasteiger partial charge on any atom is -0.391 e. The molecule has 0 saturated carbocycles. The fraction of sp³-hybridized carbons (Fsp3) is 0.889. The second-order valence-corrected chi connectivity index (χ2v) is 3.11. The molecule has 0 spiro atoms. The summed E-state index contributed by atoms with van der Waals surface area (Å²) in [7, 11) is 1.55. The van der Waals surface area contributed by atoms with E-state index in [1.165, 1.54) is 0 Å². The molecule has 0 rings (SSSR count). The monoisotopic (exact) mass is 188 g/mol. The van der Waals surface area contributed by atoms with E-state index in [0.717, 1.165) is 25.7 Å². The Morgan fingerprint density at radius 3 is 2.69 bits per heavy atom. The SMILES string of the molecule is CCCCCC(O)CNC(=O)NC. The number of carbonyl (C=O) groups excluding carboxylic acids is 1. The first-order chi connectivity index (χ1) is 6.20. The van der Waals surface area contributed by atoms with E-state index in [-0.39, 0.29) is 6.03 Å². The zero-order valence-electron chi connectivity index (χ0n) is 8.47. The van der Waals surface area contributed by atoms with Crippen molar-refractivity contribution in [1.29, 1.82) is 0 Å². The lowest BCUT2D eigenvalue weighted by Crippen LogP contribution is -2.37. The topological polar surface area (TPSA) is 61.4 Å². The molecule has 0 heterocycles. The van der Waals surface area contributed by atoms with E-state index in [1.54, 1.807) is 7.05 Å². The lowest BCUT2D eigenvalue weighted by atomic mass is 10.1. The number of hydrogen-bond acceptors (Lipinski definition) is 2. The van der Waals surface area contributed by atoms with Gasteiger partial charge in [0.1, 0.15) is 0 Å². The summed E-state index contributed by atoms with van der Waals surface area (Å²) in [6.45, 7) is 2.46. The van der Waals surface area contributed by atoms with E-state index < -0.39 is 6.10 Å². The molecule has 0 aliphatic carbocycles. The molecular formula is C9H20N2O2. The van der Waals surface area contributed by atoms with Gasteiger partial charge in [-0.1, -0.05) is 26.2 Å². The Kier molecular flexibility index (Phi) is 7.39. The third kappa shape index (κ3) is 7.59. The van der Waals surface area contributed by atoms with Crippen LogP contribution in [0.4, 0.5) is 4.79 Å². The van der Waals surface area contributed by atoms with Gasteiger partial charge in [0.2, 0.25) is 0 Å². The number of unbranched alkanes of at least 4 members (excludes halogenated alkanes) is 2. The van der Waals surface area contributed by atoms with Crippen molar-refractivity contribution in [1.82, 2.24) is 10.6 Å². The highest BCUT2D eigenvalue weighted by molar-refractivity contribution is 5.73. The van der Waals surface area contributed by atoms with Crippen molar-refractivity contribution in [3.8, 4) is 0 Å². The van der Waals surface area contributed by atoms with Crippen molar-refractivity contribution in [2.75, 3.05) is 13.6 Å². The summed E-state index contributed by atoms with van der Waals surface area (Å²) in [6.07, 6.45) is 3.65. The van der Waals surface area contributed by atoms with Crippen molar-refractivity contribution < 1.29 is 9.90 Å². The van der Waals surface area contributed by atoms with E-state index in [9.17, 15) is 9.90 Å². The number of amides is 2. The van der Waals surface area contributed by atoms with Crippen LogP contribution in [0.1, 0.15) is 32.6 Å². The summed E-state index contributed by atoms with van der Waals surface area (Å²) < 4.78 is 0. The van der Waals surface area contributed by atoms with Crippen LogP contribution in [0.25, 0.3) is 0 Å².